The number of hydrogen-bond donors (Lipinski definition) is 2. The number of amides is 1. The van der Waals surface area contributed by atoms with Crippen molar-refractivity contribution >= 4 is 12.1 Å². The van der Waals surface area contributed by atoms with E-state index in [9.17, 15) is 9.59 Å². The van der Waals surface area contributed by atoms with E-state index in [0.717, 1.165) is 13.0 Å². The summed E-state index contributed by atoms with van der Waals surface area (Å²) in [7, 11) is 1.90. The maximum Gasteiger partial charge on any atom is 0.408 e. The molecule has 116 valence electrons. The maximum atomic E-state index is 11.6. The van der Waals surface area contributed by atoms with Gasteiger partial charge in [-0.1, -0.05) is 6.08 Å². The van der Waals surface area contributed by atoms with Crippen LogP contribution in [0.25, 0.3) is 0 Å². The molecule has 0 aliphatic carbocycles. The predicted molar refractivity (Wildman–Crippen MR) is 77.7 cm³/mol. The molecule has 0 aliphatic heterocycles. The molecule has 0 unspecified atom stereocenters. The number of carbonyl (C=O) groups is 2. The Kier molecular flexibility index (Phi) is 7.91. The Labute approximate surface area is 120 Å². The van der Waals surface area contributed by atoms with E-state index in [1.807, 2.05) is 18.0 Å². The molecular weight excluding hydrogens is 260 g/mol. The van der Waals surface area contributed by atoms with Crippen molar-refractivity contribution in [2.75, 3.05) is 20.1 Å². The lowest BCUT2D eigenvalue weighted by molar-refractivity contribution is -0.139. The summed E-state index contributed by atoms with van der Waals surface area (Å²) in [5, 5.41) is 11.5. The minimum absolute atomic E-state index is 0.322. The van der Waals surface area contributed by atoms with E-state index in [0.29, 0.717) is 13.0 Å². The molecule has 1 atom stereocenters. The number of carboxylic acids is 1. The SMILES string of the molecule is C=CCCN(C)CC[C@H](NC(=O)OC(C)(C)C)C(=O)O. The van der Waals surface area contributed by atoms with Gasteiger partial charge in [0.1, 0.15) is 11.6 Å². The highest BCUT2D eigenvalue weighted by atomic mass is 16.6. The van der Waals surface area contributed by atoms with Crippen molar-refractivity contribution in [2.24, 2.45) is 0 Å². The summed E-state index contributed by atoms with van der Waals surface area (Å²) in [5.74, 6) is -1.06. The fourth-order valence-corrected chi connectivity index (χ4v) is 1.48. The van der Waals surface area contributed by atoms with Gasteiger partial charge in [0.05, 0.1) is 0 Å². The van der Waals surface area contributed by atoms with E-state index < -0.39 is 23.7 Å². The van der Waals surface area contributed by atoms with Crippen LogP contribution in [-0.2, 0) is 9.53 Å². The molecule has 6 nitrogen and oxygen atoms in total. The van der Waals surface area contributed by atoms with Crippen molar-refractivity contribution < 1.29 is 19.4 Å². The van der Waals surface area contributed by atoms with E-state index in [1.165, 1.54) is 0 Å². The van der Waals surface area contributed by atoms with Gasteiger partial charge in [-0.05, 0) is 40.7 Å². The molecule has 0 aromatic heterocycles. The van der Waals surface area contributed by atoms with E-state index in [4.69, 9.17) is 9.84 Å². The standard InChI is InChI=1S/C14H26N2O4/c1-6-7-9-16(5)10-8-11(12(17)18)15-13(19)20-14(2,3)4/h6,11H,1,7-10H2,2-5H3,(H,15,19)(H,17,18)/t11-/m0/s1. The second-order valence-corrected chi connectivity index (χ2v) is 5.71. The molecule has 0 saturated carbocycles. The van der Waals surface area contributed by atoms with E-state index >= 15 is 0 Å². The quantitative estimate of drug-likeness (QED) is 0.666. The fraction of sp³-hybridized carbons (Fsp3) is 0.714. The number of nitrogens with zero attached hydrogens (tertiary/aromatic N) is 1. The molecule has 0 bridgehead atoms. The Balaban J connectivity index is 4.27. The second kappa shape index (κ2) is 8.58. The maximum absolute atomic E-state index is 11.6. The Morgan fingerprint density at radius 2 is 2.00 bits per heavy atom. The van der Waals surface area contributed by atoms with Crippen molar-refractivity contribution in [3.63, 3.8) is 0 Å². The molecule has 0 fully saturated rings. The first-order valence-corrected chi connectivity index (χ1v) is 6.67. The molecule has 0 aliphatic rings. The molecule has 0 aromatic carbocycles. The van der Waals surface area contributed by atoms with Crippen molar-refractivity contribution in [3.8, 4) is 0 Å². The minimum atomic E-state index is -1.06. The zero-order chi connectivity index (χ0) is 15.8. The molecule has 0 heterocycles. The molecule has 0 aromatic rings. The van der Waals surface area contributed by atoms with Gasteiger partial charge in [0, 0.05) is 13.1 Å². The van der Waals surface area contributed by atoms with Crippen LogP contribution in [0.5, 0.6) is 0 Å². The van der Waals surface area contributed by atoms with Gasteiger partial charge in [-0.15, -0.1) is 6.58 Å². The van der Waals surface area contributed by atoms with Gasteiger partial charge in [-0.3, -0.25) is 0 Å². The Morgan fingerprint density at radius 1 is 1.40 bits per heavy atom. The van der Waals surface area contributed by atoms with Gasteiger partial charge in [0.15, 0.2) is 0 Å². The lowest BCUT2D eigenvalue weighted by Crippen LogP contribution is -2.44. The number of nitrogens with one attached hydrogen (secondary N) is 1. The minimum Gasteiger partial charge on any atom is -0.480 e. The zero-order valence-electron chi connectivity index (χ0n) is 12.8. The largest absolute Gasteiger partial charge is 0.480 e. The van der Waals surface area contributed by atoms with Crippen LogP contribution in [0.2, 0.25) is 0 Å². The first-order valence-electron chi connectivity index (χ1n) is 6.67. The topological polar surface area (TPSA) is 78.9 Å². The lowest BCUT2D eigenvalue weighted by atomic mass is 10.2. The van der Waals surface area contributed by atoms with Gasteiger partial charge < -0.3 is 20.1 Å². The van der Waals surface area contributed by atoms with Gasteiger partial charge in [0.2, 0.25) is 0 Å². The van der Waals surface area contributed by atoms with Crippen LogP contribution < -0.4 is 5.32 Å². The van der Waals surface area contributed by atoms with Crippen LogP contribution in [0.3, 0.4) is 0 Å². The van der Waals surface area contributed by atoms with Crippen molar-refractivity contribution in [3.05, 3.63) is 12.7 Å². The molecule has 0 rings (SSSR count). The smallest absolute Gasteiger partial charge is 0.408 e. The molecule has 2 N–H and O–H groups in total. The Hall–Kier alpha value is -1.56. The summed E-state index contributed by atoms with van der Waals surface area (Å²) in [6.07, 6.45) is 2.26. The monoisotopic (exact) mass is 286 g/mol. The molecule has 6 heteroatoms. The summed E-state index contributed by atoms with van der Waals surface area (Å²) in [4.78, 5) is 24.7. The van der Waals surface area contributed by atoms with Crippen molar-refractivity contribution in [1.82, 2.24) is 10.2 Å². The molecule has 0 saturated heterocycles. The third-order valence-electron chi connectivity index (χ3n) is 2.50. The molecule has 1 amide bonds. The number of hydrogen-bond acceptors (Lipinski definition) is 4. The van der Waals surface area contributed by atoms with Crippen LogP contribution in [0.15, 0.2) is 12.7 Å². The highest BCUT2D eigenvalue weighted by Gasteiger charge is 2.23. The van der Waals surface area contributed by atoms with Crippen molar-refractivity contribution in [1.29, 1.82) is 0 Å². The van der Waals surface area contributed by atoms with Gasteiger partial charge >= 0.3 is 12.1 Å². The van der Waals surface area contributed by atoms with Gasteiger partial charge in [-0.2, -0.15) is 0 Å². The number of alkyl carbamates (subject to hydrolysis) is 1. The number of aliphatic carboxylic acids is 1. The number of carbonyl (C=O) groups excluding carboxylic acids is 1. The molecule has 20 heavy (non-hydrogen) atoms. The molecule has 0 spiro atoms. The van der Waals surface area contributed by atoms with E-state index in [1.54, 1.807) is 20.8 Å². The van der Waals surface area contributed by atoms with Crippen LogP contribution in [0, 0.1) is 0 Å². The summed E-state index contributed by atoms with van der Waals surface area (Å²) in [6.45, 7) is 10.2. The third-order valence-corrected chi connectivity index (χ3v) is 2.50. The van der Waals surface area contributed by atoms with Crippen LogP contribution in [-0.4, -0.2) is 53.8 Å². The van der Waals surface area contributed by atoms with Gasteiger partial charge in [0.25, 0.3) is 0 Å². The first kappa shape index (κ1) is 18.4. The summed E-state index contributed by atoms with van der Waals surface area (Å²) < 4.78 is 5.05. The summed E-state index contributed by atoms with van der Waals surface area (Å²) in [6, 6.07) is -0.948. The summed E-state index contributed by atoms with van der Waals surface area (Å²) in [5.41, 5.74) is -0.645. The Bertz CT molecular complexity index is 337. The highest BCUT2D eigenvalue weighted by Crippen LogP contribution is 2.07. The average Bonchev–Trinajstić information content (AvgIpc) is 2.29. The normalized spacial score (nSPS) is 12.8. The number of carboxylic acid groups (broad SMARTS) is 1. The predicted octanol–water partition coefficient (Wildman–Crippen LogP) is 1.86. The third kappa shape index (κ3) is 9.38. The average molecular weight is 286 g/mol. The highest BCUT2D eigenvalue weighted by molar-refractivity contribution is 5.79. The zero-order valence-corrected chi connectivity index (χ0v) is 12.8. The molecular formula is C14H26N2O4. The van der Waals surface area contributed by atoms with Crippen molar-refractivity contribution in [2.45, 2.75) is 45.3 Å². The van der Waals surface area contributed by atoms with E-state index in [2.05, 4.69) is 11.9 Å². The number of rotatable bonds is 8. The lowest BCUT2D eigenvalue weighted by Gasteiger charge is -2.23. The number of ether oxygens (including phenoxy) is 1. The molecule has 0 radical (unpaired) electrons. The van der Waals surface area contributed by atoms with E-state index in [-0.39, 0.29) is 0 Å². The van der Waals surface area contributed by atoms with Crippen LogP contribution >= 0.6 is 0 Å². The second-order valence-electron chi connectivity index (χ2n) is 5.71. The fourth-order valence-electron chi connectivity index (χ4n) is 1.48. The Morgan fingerprint density at radius 3 is 2.45 bits per heavy atom. The van der Waals surface area contributed by atoms with Gasteiger partial charge in [-0.25, -0.2) is 9.59 Å². The summed E-state index contributed by atoms with van der Waals surface area (Å²) >= 11 is 0. The first-order chi connectivity index (χ1) is 9.15. The van der Waals surface area contributed by atoms with Crippen LogP contribution in [0.4, 0.5) is 4.79 Å². The van der Waals surface area contributed by atoms with Crippen LogP contribution in [0.1, 0.15) is 33.6 Å².